The molecule has 0 atom stereocenters. The third-order valence-electron chi connectivity index (χ3n) is 0.274. The van der Waals surface area contributed by atoms with Gasteiger partial charge in [-0.05, 0) is 0 Å². The largest absolute Gasteiger partial charge is 0.671 e. The van der Waals surface area contributed by atoms with Crippen molar-refractivity contribution in [1.29, 1.82) is 0 Å². The van der Waals surface area contributed by atoms with Crippen LogP contribution in [-0.4, -0.2) is 63.2 Å². The molecule has 0 aliphatic rings. The Morgan fingerprint density at radius 3 is 1.09 bits per heavy atom. The van der Waals surface area contributed by atoms with Crippen molar-refractivity contribution in [1.82, 2.24) is 0 Å². The molecule has 0 aliphatic carbocycles. The summed E-state index contributed by atoms with van der Waals surface area (Å²) in [7, 11) is 5.39. The van der Waals surface area contributed by atoms with E-state index in [1.165, 1.54) is 0 Å². The molecule has 0 saturated heterocycles. The van der Waals surface area contributed by atoms with E-state index in [-0.39, 0.29) is 0 Å². The minimum atomic E-state index is -4.13. The van der Waals surface area contributed by atoms with Gasteiger partial charge in [-0.1, -0.05) is 0 Å². The van der Waals surface area contributed by atoms with Crippen LogP contribution in [0.5, 0.6) is 0 Å². The minimum absolute atomic E-state index is 1.00. The summed E-state index contributed by atoms with van der Waals surface area (Å²) in [5.41, 5.74) is 0. The molecule has 0 amide bonds. The highest BCUT2D eigenvalue weighted by molar-refractivity contribution is 6.48. The summed E-state index contributed by atoms with van der Waals surface area (Å²) in [5, 5.41) is 0. The van der Waals surface area contributed by atoms with Crippen LogP contribution in [0.15, 0.2) is 0 Å². The van der Waals surface area contributed by atoms with Crippen LogP contribution in [0.4, 0.5) is 0 Å². The summed E-state index contributed by atoms with van der Waals surface area (Å²) < 4.78 is 4.74. The van der Waals surface area contributed by atoms with Crippen molar-refractivity contribution in [2.24, 2.45) is 0 Å². The molecule has 0 radical (unpaired) electrons. The second-order valence-electron chi connectivity index (χ2n) is 3.46. The van der Waals surface area contributed by atoms with E-state index >= 15 is 0 Å². The Labute approximate surface area is 68.5 Å². The monoisotopic (exact) mass is 184 g/mol. The molecule has 0 rings (SSSR count). The van der Waals surface area contributed by atoms with E-state index in [0.717, 1.165) is 11.6 Å². The maximum absolute atomic E-state index is 7.85. The molecule has 0 bridgehead atoms. The van der Waals surface area contributed by atoms with Gasteiger partial charge in [0.15, 0.2) is 0 Å². The van der Waals surface area contributed by atoms with Crippen molar-refractivity contribution < 1.29 is 23.3 Å². The number of quaternary nitrogens is 1. The van der Waals surface area contributed by atoms with Crippen molar-refractivity contribution in [3.8, 4) is 0 Å². The molecule has 0 aromatic heterocycles. The van der Waals surface area contributed by atoms with Crippen LogP contribution in [0.1, 0.15) is 0 Å². The summed E-state index contributed by atoms with van der Waals surface area (Å²) in [5.74, 6) is 0. The van der Waals surface area contributed by atoms with Gasteiger partial charge in [-0.25, -0.2) is 0 Å². The third kappa shape index (κ3) is 70.7. The van der Waals surface area contributed by atoms with E-state index in [2.05, 4.69) is 32.6 Å². The highest BCUT2D eigenvalue weighted by Gasteiger charge is 2.27. The number of hydrogen-bond acceptors (Lipinski definition) is 4. The lowest BCUT2D eigenvalue weighted by atomic mass is 10.8. The zero-order chi connectivity index (χ0) is 9.71. The van der Waals surface area contributed by atoms with Crippen molar-refractivity contribution in [2.45, 2.75) is 0 Å². The first-order chi connectivity index (χ1) is 4.56. The number of hydrogen-bond donors (Lipinski definition) is 3. The Bertz CT molecular complexity index is 89.6. The minimum Gasteiger partial charge on any atom is -0.368 e. The maximum atomic E-state index is 7.85. The number of nitrogens with zero attached hydrogens (tertiary/aromatic N) is 1. The van der Waals surface area contributed by atoms with E-state index < -0.39 is 9.05 Å². The molecule has 70 valence electrons. The Morgan fingerprint density at radius 1 is 1.00 bits per heavy atom. The highest BCUT2D eigenvalue weighted by atomic mass is 28.4. The highest BCUT2D eigenvalue weighted by Crippen LogP contribution is 1.80. The fourth-order valence-corrected chi connectivity index (χ4v) is 0. The zero-order valence-electron chi connectivity index (χ0n) is 7.70. The van der Waals surface area contributed by atoms with Crippen molar-refractivity contribution in [3.05, 3.63) is 0 Å². The summed E-state index contributed by atoms with van der Waals surface area (Å²) in [6, 6.07) is 0. The summed E-state index contributed by atoms with van der Waals surface area (Å²) in [4.78, 5) is 23.6. The average molecular weight is 184 g/mol. The van der Waals surface area contributed by atoms with Gasteiger partial charge in [0.05, 0.1) is 28.2 Å². The molecular formula is C5H18NO4Si+. The summed E-state index contributed by atoms with van der Waals surface area (Å²) >= 11 is 0. The molecule has 0 fully saturated rings. The number of rotatable bonds is 1. The topological polar surface area (TPSA) is 69.9 Å². The summed E-state index contributed by atoms with van der Waals surface area (Å²) in [6.45, 7) is 0. The van der Waals surface area contributed by atoms with Crippen LogP contribution in [0.3, 0.4) is 0 Å². The Morgan fingerprint density at radius 2 is 1.09 bits per heavy atom. The third-order valence-corrected chi connectivity index (χ3v) is 0.822. The smallest absolute Gasteiger partial charge is 0.368 e. The van der Waals surface area contributed by atoms with Gasteiger partial charge in [0.2, 0.25) is 0 Å². The molecule has 0 unspecified atom stereocenters. The molecule has 0 aliphatic heterocycles. The average Bonchev–Trinajstić information content (AvgIpc) is 1.59. The van der Waals surface area contributed by atoms with E-state index in [1.807, 2.05) is 0 Å². The second-order valence-corrected chi connectivity index (χ2v) is 5.02. The lowest BCUT2D eigenvalue weighted by Crippen LogP contribution is -2.37. The van der Waals surface area contributed by atoms with Crippen molar-refractivity contribution in [2.75, 3.05) is 35.3 Å². The molecule has 0 spiro atoms. The van der Waals surface area contributed by atoms with Crippen LogP contribution in [0.2, 0.25) is 0 Å². The van der Waals surface area contributed by atoms with Crippen LogP contribution < -0.4 is 0 Å². The van der Waals surface area contributed by atoms with Gasteiger partial charge in [-0.15, -0.1) is 0 Å². The second kappa shape index (κ2) is 4.81. The van der Waals surface area contributed by atoms with Crippen LogP contribution in [0.25, 0.3) is 0 Å². The van der Waals surface area contributed by atoms with Gasteiger partial charge in [-0.3, -0.25) is 0 Å². The molecule has 11 heavy (non-hydrogen) atoms. The molecule has 5 nitrogen and oxygen atoms in total. The first kappa shape index (κ1) is 13.6. The lowest BCUT2D eigenvalue weighted by molar-refractivity contribution is -0.849. The Balaban J connectivity index is 0. The molecule has 0 heterocycles. The van der Waals surface area contributed by atoms with E-state index in [9.17, 15) is 0 Å². The van der Waals surface area contributed by atoms with Crippen LogP contribution in [0, 0.1) is 0 Å². The fraction of sp³-hybridized carbons (Fsp3) is 1.00. The van der Waals surface area contributed by atoms with E-state index in [1.54, 1.807) is 0 Å². The summed E-state index contributed by atoms with van der Waals surface area (Å²) in [6.07, 6.45) is 0. The molecule has 6 heteroatoms. The Hall–Kier alpha value is 0.0169. The first-order valence-corrected chi connectivity index (χ1v) is 4.82. The predicted octanol–water partition coefficient (Wildman–Crippen LogP) is -1.63. The maximum Gasteiger partial charge on any atom is 0.671 e. The van der Waals surface area contributed by atoms with Gasteiger partial charge < -0.3 is 23.3 Å². The Kier molecular flexibility index (Phi) is 5.94. The van der Waals surface area contributed by atoms with Gasteiger partial charge in [-0.2, -0.15) is 0 Å². The quantitative estimate of drug-likeness (QED) is 0.338. The lowest BCUT2D eigenvalue weighted by Gasteiger charge is -2.14. The van der Waals surface area contributed by atoms with E-state index in [4.69, 9.17) is 14.4 Å². The van der Waals surface area contributed by atoms with Crippen molar-refractivity contribution >= 4 is 9.05 Å². The van der Waals surface area contributed by atoms with E-state index in [0.29, 0.717) is 0 Å². The van der Waals surface area contributed by atoms with Crippen LogP contribution in [-0.2, 0) is 4.43 Å². The fourth-order valence-electron chi connectivity index (χ4n) is 0. The predicted molar refractivity (Wildman–Crippen MR) is 43.4 cm³/mol. The van der Waals surface area contributed by atoms with Gasteiger partial charge in [0.25, 0.3) is 0 Å². The zero-order valence-corrected chi connectivity index (χ0v) is 8.70. The van der Waals surface area contributed by atoms with Gasteiger partial charge >= 0.3 is 9.05 Å². The SMILES string of the molecule is CO[Si](O)(O)O.C[N+](C)(C)C. The first-order valence-electron chi connectivity index (χ1n) is 3.07. The van der Waals surface area contributed by atoms with Gasteiger partial charge in [0.1, 0.15) is 0 Å². The standard InChI is InChI=1S/C4H12N.CH6O4Si/c1-5(2,3)4;1-5-6(2,3)4/h1-4H3;2-4H,1H3/q+1;. The van der Waals surface area contributed by atoms with Crippen molar-refractivity contribution in [3.63, 3.8) is 0 Å². The van der Waals surface area contributed by atoms with Gasteiger partial charge in [0, 0.05) is 7.11 Å². The molecule has 3 N–H and O–H groups in total. The molecule has 0 aromatic rings. The molecular weight excluding hydrogens is 166 g/mol. The molecule has 0 saturated carbocycles. The van der Waals surface area contributed by atoms with Crippen LogP contribution >= 0.6 is 0 Å². The molecule has 0 aromatic carbocycles. The normalized spacial score (nSPS) is 12.0.